The summed E-state index contributed by atoms with van der Waals surface area (Å²) in [5.74, 6) is 5.86. The fraction of sp³-hybridized carbons (Fsp3) is 0.192. The fourth-order valence-corrected chi connectivity index (χ4v) is 3.73. The predicted molar refractivity (Wildman–Crippen MR) is 126 cm³/mol. The highest BCUT2D eigenvalue weighted by molar-refractivity contribution is 5.91. The number of rotatable bonds is 4. The first-order valence-electron chi connectivity index (χ1n) is 10.7. The molecule has 0 bridgehead atoms. The SMILES string of the molecule is C#Cc1nc(Nc2ccc(Oc3ccccn3)cc2)c2ccccc2n1.C1CC2NCC12. The van der Waals surface area contributed by atoms with E-state index in [4.69, 9.17) is 11.2 Å². The van der Waals surface area contributed by atoms with Crippen LogP contribution in [-0.4, -0.2) is 27.5 Å². The Hall–Kier alpha value is -3.95. The topological polar surface area (TPSA) is 72.0 Å². The van der Waals surface area contributed by atoms with Gasteiger partial charge in [0, 0.05) is 29.4 Å². The molecule has 0 radical (unpaired) electrons. The molecule has 2 fully saturated rings. The number of nitrogens with zero attached hydrogens (tertiary/aromatic N) is 3. The maximum absolute atomic E-state index is 5.70. The minimum atomic E-state index is 0.348. The number of benzene rings is 2. The van der Waals surface area contributed by atoms with Crippen LogP contribution in [0.5, 0.6) is 11.6 Å². The summed E-state index contributed by atoms with van der Waals surface area (Å²) >= 11 is 0. The van der Waals surface area contributed by atoms with Crippen molar-refractivity contribution in [2.45, 2.75) is 18.9 Å². The van der Waals surface area contributed by atoms with Crippen LogP contribution in [-0.2, 0) is 0 Å². The van der Waals surface area contributed by atoms with Crippen molar-refractivity contribution in [1.82, 2.24) is 20.3 Å². The number of ether oxygens (including phenoxy) is 1. The summed E-state index contributed by atoms with van der Waals surface area (Å²) in [6.07, 6.45) is 10.1. The van der Waals surface area contributed by atoms with Gasteiger partial charge < -0.3 is 15.4 Å². The third kappa shape index (κ3) is 4.39. The Balaban J connectivity index is 0.000000306. The van der Waals surface area contributed by atoms with Gasteiger partial charge in [-0.25, -0.2) is 15.0 Å². The third-order valence-corrected chi connectivity index (χ3v) is 5.77. The van der Waals surface area contributed by atoms with Gasteiger partial charge in [-0.1, -0.05) is 18.2 Å². The monoisotopic (exact) mass is 421 g/mol. The van der Waals surface area contributed by atoms with Crippen molar-refractivity contribution in [3.05, 3.63) is 78.8 Å². The minimum Gasteiger partial charge on any atom is -0.439 e. The van der Waals surface area contributed by atoms with Gasteiger partial charge in [0.25, 0.3) is 0 Å². The van der Waals surface area contributed by atoms with E-state index in [1.165, 1.54) is 19.4 Å². The van der Waals surface area contributed by atoms with Gasteiger partial charge in [0.2, 0.25) is 11.7 Å². The summed E-state index contributed by atoms with van der Waals surface area (Å²) in [7, 11) is 0. The zero-order valence-electron chi connectivity index (χ0n) is 17.5. The van der Waals surface area contributed by atoms with Gasteiger partial charge in [-0.3, -0.25) is 0 Å². The molecule has 6 rings (SSSR count). The molecule has 1 saturated heterocycles. The van der Waals surface area contributed by atoms with Crippen LogP contribution >= 0.6 is 0 Å². The van der Waals surface area contributed by atoms with Crippen LogP contribution in [0.3, 0.4) is 0 Å². The van der Waals surface area contributed by atoms with Gasteiger partial charge in [0.15, 0.2) is 0 Å². The largest absolute Gasteiger partial charge is 0.439 e. The molecule has 2 N–H and O–H groups in total. The molecule has 32 heavy (non-hydrogen) atoms. The maximum Gasteiger partial charge on any atom is 0.219 e. The van der Waals surface area contributed by atoms with Crippen molar-refractivity contribution in [3.63, 3.8) is 0 Å². The first-order chi connectivity index (χ1) is 15.8. The Labute approximate surface area is 187 Å². The van der Waals surface area contributed by atoms with Gasteiger partial charge in [0.1, 0.15) is 11.6 Å². The molecular formula is C26H23N5O. The molecule has 158 valence electrons. The van der Waals surface area contributed by atoms with Crippen molar-refractivity contribution >= 4 is 22.4 Å². The van der Waals surface area contributed by atoms with Crippen LogP contribution < -0.4 is 15.4 Å². The van der Waals surface area contributed by atoms with Gasteiger partial charge in [-0.15, -0.1) is 6.42 Å². The summed E-state index contributed by atoms with van der Waals surface area (Å²) in [6, 6.07) is 21.8. The van der Waals surface area contributed by atoms with Gasteiger partial charge in [-0.05, 0) is 73.7 Å². The average molecular weight is 422 g/mol. The molecule has 2 aliphatic rings. The smallest absolute Gasteiger partial charge is 0.219 e. The lowest BCUT2D eigenvalue weighted by Crippen LogP contribution is -2.59. The Morgan fingerprint density at radius 3 is 2.41 bits per heavy atom. The average Bonchev–Trinajstić information content (AvgIpc) is 2.83. The highest BCUT2D eigenvalue weighted by atomic mass is 16.5. The zero-order valence-corrected chi connectivity index (χ0v) is 17.5. The number of terminal acetylenes is 1. The van der Waals surface area contributed by atoms with E-state index in [9.17, 15) is 0 Å². The molecule has 3 heterocycles. The van der Waals surface area contributed by atoms with Crippen LogP contribution in [0.4, 0.5) is 11.5 Å². The number of aromatic nitrogens is 3. The molecule has 2 atom stereocenters. The fourth-order valence-electron chi connectivity index (χ4n) is 3.73. The van der Waals surface area contributed by atoms with E-state index in [1.807, 2.05) is 60.7 Å². The number of pyridine rings is 1. The predicted octanol–water partition coefficient (Wildman–Crippen LogP) is 4.91. The second-order valence-electron chi connectivity index (χ2n) is 7.83. The first kappa shape index (κ1) is 20.0. The lowest BCUT2D eigenvalue weighted by molar-refractivity contribution is 0.111. The molecule has 6 heteroatoms. The normalized spacial score (nSPS) is 18.1. The van der Waals surface area contributed by atoms with Gasteiger partial charge >= 0.3 is 0 Å². The second-order valence-corrected chi connectivity index (χ2v) is 7.83. The van der Waals surface area contributed by atoms with Crippen molar-refractivity contribution in [2.75, 3.05) is 11.9 Å². The quantitative estimate of drug-likeness (QED) is 0.456. The highest BCUT2D eigenvalue weighted by Gasteiger charge is 2.37. The first-order valence-corrected chi connectivity index (χ1v) is 10.7. The lowest BCUT2D eigenvalue weighted by Gasteiger charge is -2.47. The third-order valence-electron chi connectivity index (χ3n) is 5.77. The molecule has 0 amide bonds. The number of hydrogen-bond donors (Lipinski definition) is 2. The van der Waals surface area contributed by atoms with Crippen LogP contribution in [0.2, 0.25) is 0 Å². The molecular weight excluding hydrogens is 398 g/mol. The Morgan fingerprint density at radius 2 is 1.78 bits per heavy atom. The number of nitrogens with one attached hydrogen (secondary N) is 2. The molecule has 6 nitrogen and oxygen atoms in total. The maximum atomic E-state index is 5.70. The van der Waals surface area contributed by atoms with Crippen molar-refractivity contribution < 1.29 is 4.74 Å². The molecule has 1 aliphatic heterocycles. The Morgan fingerprint density at radius 1 is 0.969 bits per heavy atom. The molecule has 2 aromatic carbocycles. The number of anilines is 2. The van der Waals surface area contributed by atoms with E-state index in [2.05, 4.69) is 31.5 Å². The highest BCUT2D eigenvalue weighted by Crippen LogP contribution is 2.33. The van der Waals surface area contributed by atoms with Crippen LogP contribution in [0.25, 0.3) is 10.9 Å². The molecule has 2 unspecified atom stereocenters. The summed E-state index contributed by atoms with van der Waals surface area (Å²) in [4.78, 5) is 12.9. The number of piperidine rings is 1. The summed E-state index contributed by atoms with van der Waals surface area (Å²) in [5.41, 5.74) is 1.67. The van der Waals surface area contributed by atoms with Gasteiger partial charge in [0.05, 0.1) is 5.52 Å². The molecule has 1 aliphatic carbocycles. The zero-order chi connectivity index (χ0) is 21.8. The van der Waals surface area contributed by atoms with E-state index < -0.39 is 0 Å². The molecule has 1 saturated carbocycles. The van der Waals surface area contributed by atoms with Gasteiger partial charge in [-0.2, -0.15) is 0 Å². The Kier molecular flexibility index (Phi) is 5.65. The van der Waals surface area contributed by atoms with Crippen molar-refractivity contribution in [3.8, 4) is 24.0 Å². The van der Waals surface area contributed by atoms with Crippen molar-refractivity contribution in [1.29, 1.82) is 0 Å². The van der Waals surface area contributed by atoms with E-state index in [0.717, 1.165) is 28.6 Å². The van der Waals surface area contributed by atoms with E-state index in [-0.39, 0.29) is 0 Å². The molecule has 4 aromatic rings. The Bertz CT molecular complexity index is 1230. The van der Waals surface area contributed by atoms with E-state index >= 15 is 0 Å². The van der Waals surface area contributed by atoms with Crippen LogP contribution in [0.1, 0.15) is 18.7 Å². The molecule has 2 aromatic heterocycles. The minimum absolute atomic E-state index is 0.348. The lowest BCUT2D eigenvalue weighted by atomic mass is 9.74. The number of hydrogen-bond acceptors (Lipinski definition) is 6. The van der Waals surface area contributed by atoms with E-state index in [1.54, 1.807) is 12.3 Å². The summed E-state index contributed by atoms with van der Waals surface area (Å²) < 4.78 is 5.70. The van der Waals surface area contributed by atoms with E-state index in [0.29, 0.717) is 23.3 Å². The molecule has 0 spiro atoms. The number of fused-ring (bicyclic) bond motifs is 2. The van der Waals surface area contributed by atoms with Crippen LogP contribution in [0.15, 0.2) is 72.9 Å². The number of para-hydroxylation sites is 1. The van der Waals surface area contributed by atoms with Crippen molar-refractivity contribution in [2.24, 2.45) is 5.92 Å². The standard InChI is InChI=1S/C21H14N4O.C5H9N/c1-2-19-24-18-8-4-3-7-17(18)21(25-19)23-15-10-12-16(13-11-15)26-20-9-5-6-14-22-20;1-2-5-4(1)3-6-5/h1,3-14H,(H,23,24,25);4-6H,1-3H2. The second kappa shape index (κ2) is 9.04. The summed E-state index contributed by atoms with van der Waals surface area (Å²) in [5, 5.41) is 7.54. The van der Waals surface area contributed by atoms with Crippen LogP contribution in [0, 0.1) is 18.3 Å². The summed E-state index contributed by atoms with van der Waals surface area (Å²) in [6.45, 7) is 1.31.